The Hall–Kier alpha value is -0.650. The Morgan fingerprint density at radius 3 is 1.80 bits per heavy atom. The van der Waals surface area contributed by atoms with Gasteiger partial charge in [-0.1, -0.05) is 71.1 Å². The lowest BCUT2D eigenvalue weighted by Gasteiger charge is -2.17. The molecule has 5 heteroatoms. The Morgan fingerprint density at radius 1 is 0.800 bits per heavy atom. The summed E-state index contributed by atoms with van der Waals surface area (Å²) in [5.41, 5.74) is 0. The quantitative estimate of drug-likeness (QED) is 0.256. The van der Waals surface area contributed by atoms with Crippen molar-refractivity contribution in [2.45, 2.75) is 109 Å². The Bertz CT molecular complexity index is 296. The minimum Gasteiger partial charge on any atom is -0.463 e. The third-order valence-corrected chi connectivity index (χ3v) is 4.53. The van der Waals surface area contributed by atoms with Gasteiger partial charge in [-0.25, -0.2) is 0 Å². The maximum Gasteiger partial charge on any atom is 0.305 e. The summed E-state index contributed by atoms with van der Waals surface area (Å²) >= 11 is 0. The van der Waals surface area contributed by atoms with Crippen LogP contribution in [0.4, 0.5) is 0 Å². The SMILES string of the molecule is CCCCCCCCC(O)C(O)CCCCCCCC(=O)OCCO. The van der Waals surface area contributed by atoms with Crippen molar-refractivity contribution in [1.29, 1.82) is 0 Å². The van der Waals surface area contributed by atoms with E-state index in [4.69, 9.17) is 9.84 Å². The van der Waals surface area contributed by atoms with E-state index in [9.17, 15) is 15.0 Å². The minimum atomic E-state index is -0.607. The molecule has 5 nitrogen and oxygen atoms in total. The minimum absolute atomic E-state index is 0.0811. The second kappa shape index (κ2) is 18.2. The van der Waals surface area contributed by atoms with Crippen molar-refractivity contribution in [3.63, 3.8) is 0 Å². The van der Waals surface area contributed by atoms with Crippen LogP contribution in [0.3, 0.4) is 0 Å². The van der Waals surface area contributed by atoms with Gasteiger partial charge in [0.25, 0.3) is 0 Å². The molecule has 0 radical (unpaired) electrons. The molecule has 0 fully saturated rings. The molecular formula is C20H40O5. The van der Waals surface area contributed by atoms with Crippen LogP contribution in [0, 0.1) is 0 Å². The van der Waals surface area contributed by atoms with Crippen LogP contribution >= 0.6 is 0 Å². The van der Waals surface area contributed by atoms with Gasteiger partial charge in [-0.15, -0.1) is 0 Å². The third-order valence-electron chi connectivity index (χ3n) is 4.53. The van der Waals surface area contributed by atoms with Crippen LogP contribution in [0.1, 0.15) is 96.8 Å². The summed E-state index contributed by atoms with van der Waals surface area (Å²) in [6.07, 6.45) is 12.4. The second-order valence-corrected chi connectivity index (χ2v) is 6.94. The van der Waals surface area contributed by atoms with Crippen molar-refractivity contribution in [3.8, 4) is 0 Å². The molecule has 0 rings (SSSR count). The molecule has 0 saturated carbocycles. The average Bonchev–Trinajstić information content (AvgIpc) is 2.61. The first kappa shape index (κ1) is 24.4. The molecule has 0 spiro atoms. The Morgan fingerprint density at radius 2 is 1.28 bits per heavy atom. The Kier molecular flexibility index (Phi) is 17.7. The third kappa shape index (κ3) is 16.6. The molecule has 0 bridgehead atoms. The summed E-state index contributed by atoms with van der Waals surface area (Å²) in [4.78, 5) is 11.2. The van der Waals surface area contributed by atoms with Crippen LogP contribution < -0.4 is 0 Å². The van der Waals surface area contributed by atoms with Crippen LogP contribution in [0.15, 0.2) is 0 Å². The molecule has 0 aliphatic carbocycles. The van der Waals surface area contributed by atoms with Gasteiger partial charge in [0.05, 0.1) is 18.8 Å². The molecule has 0 aromatic heterocycles. The molecular weight excluding hydrogens is 320 g/mol. The number of carbonyl (C=O) groups is 1. The summed E-state index contributed by atoms with van der Waals surface area (Å²) < 4.78 is 4.79. The van der Waals surface area contributed by atoms with Gasteiger partial charge in [0.2, 0.25) is 0 Å². The molecule has 150 valence electrons. The van der Waals surface area contributed by atoms with Crippen molar-refractivity contribution in [3.05, 3.63) is 0 Å². The number of ether oxygens (including phenoxy) is 1. The first-order valence-corrected chi connectivity index (χ1v) is 10.2. The second-order valence-electron chi connectivity index (χ2n) is 6.94. The van der Waals surface area contributed by atoms with Gasteiger partial charge in [-0.2, -0.15) is 0 Å². The fourth-order valence-corrected chi connectivity index (χ4v) is 2.90. The summed E-state index contributed by atoms with van der Waals surface area (Å²) in [7, 11) is 0. The predicted octanol–water partition coefficient (Wildman–Crippen LogP) is 3.73. The van der Waals surface area contributed by atoms with E-state index in [1.807, 2.05) is 0 Å². The van der Waals surface area contributed by atoms with Gasteiger partial charge in [0, 0.05) is 6.42 Å². The van der Waals surface area contributed by atoms with Crippen LogP contribution in [0.25, 0.3) is 0 Å². The highest BCUT2D eigenvalue weighted by atomic mass is 16.5. The number of esters is 1. The lowest BCUT2D eigenvalue weighted by molar-refractivity contribution is -0.144. The van der Waals surface area contributed by atoms with Gasteiger partial charge in [-0.05, 0) is 19.3 Å². The number of aliphatic hydroxyl groups excluding tert-OH is 3. The van der Waals surface area contributed by atoms with E-state index in [0.717, 1.165) is 44.9 Å². The lowest BCUT2D eigenvalue weighted by atomic mass is 9.99. The number of hydrogen-bond donors (Lipinski definition) is 3. The molecule has 0 saturated heterocycles. The molecule has 0 aliphatic rings. The molecule has 0 aromatic rings. The highest BCUT2D eigenvalue weighted by Crippen LogP contribution is 2.15. The van der Waals surface area contributed by atoms with Gasteiger partial charge in [0.15, 0.2) is 0 Å². The number of aliphatic hydroxyl groups is 3. The summed E-state index contributed by atoms with van der Waals surface area (Å²) in [6.45, 7) is 2.16. The molecule has 3 N–H and O–H groups in total. The van der Waals surface area contributed by atoms with Crippen LogP contribution in [0.5, 0.6) is 0 Å². The standard InChI is InChI=1S/C20H40O5/c1-2-3-4-5-7-10-13-18(22)19(23)14-11-8-6-9-12-15-20(24)25-17-16-21/h18-19,21-23H,2-17H2,1H3. The zero-order chi connectivity index (χ0) is 18.8. The number of rotatable bonds is 18. The van der Waals surface area contributed by atoms with E-state index in [1.165, 1.54) is 25.7 Å². The van der Waals surface area contributed by atoms with Crippen molar-refractivity contribution >= 4 is 5.97 Å². The molecule has 2 atom stereocenters. The molecule has 2 unspecified atom stereocenters. The van der Waals surface area contributed by atoms with Gasteiger partial charge in [0.1, 0.15) is 6.61 Å². The van der Waals surface area contributed by atoms with E-state index in [1.54, 1.807) is 0 Å². The fraction of sp³-hybridized carbons (Fsp3) is 0.950. The molecule has 0 aromatic carbocycles. The van der Waals surface area contributed by atoms with Crippen molar-refractivity contribution in [2.75, 3.05) is 13.2 Å². The topological polar surface area (TPSA) is 87.0 Å². The first-order valence-electron chi connectivity index (χ1n) is 10.2. The van der Waals surface area contributed by atoms with E-state index in [2.05, 4.69) is 6.92 Å². The Labute approximate surface area is 153 Å². The van der Waals surface area contributed by atoms with Crippen molar-refractivity contribution < 1.29 is 24.9 Å². The van der Waals surface area contributed by atoms with Crippen LogP contribution in [0.2, 0.25) is 0 Å². The lowest BCUT2D eigenvalue weighted by Crippen LogP contribution is -2.25. The predicted molar refractivity (Wildman–Crippen MR) is 100 cm³/mol. The fourth-order valence-electron chi connectivity index (χ4n) is 2.90. The number of unbranched alkanes of at least 4 members (excludes halogenated alkanes) is 9. The smallest absolute Gasteiger partial charge is 0.305 e. The van der Waals surface area contributed by atoms with Gasteiger partial charge in [-0.3, -0.25) is 4.79 Å². The van der Waals surface area contributed by atoms with Gasteiger partial charge >= 0.3 is 5.97 Å². The first-order chi connectivity index (χ1) is 12.1. The number of hydrogen-bond acceptors (Lipinski definition) is 5. The molecule has 0 amide bonds. The molecule has 25 heavy (non-hydrogen) atoms. The number of carbonyl (C=O) groups excluding carboxylic acids is 1. The zero-order valence-electron chi connectivity index (χ0n) is 16.1. The van der Waals surface area contributed by atoms with E-state index in [-0.39, 0.29) is 19.2 Å². The van der Waals surface area contributed by atoms with E-state index < -0.39 is 12.2 Å². The molecule has 0 heterocycles. The zero-order valence-corrected chi connectivity index (χ0v) is 16.1. The van der Waals surface area contributed by atoms with Crippen LogP contribution in [-0.2, 0) is 9.53 Å². The van der Waals surface area contributed by atoms with E-state index >= 15 is 0 Å². The highest BCUT2D eigenvalue weighted by molar-refractivity contribution is 5.69. The van der Waals surface area contributed by atoms with Crippen LogP contribution in [-0.4, -0.2) is 46.7 Å². The molecule has 0 aliphatic heterocycles. The summed E-state index contributed by atoms with van der Waals surface area (Å²) in [5.74, 6) is -0.248. The van der Waals surface area contributed by atoms with Crippen molar-refractivity contribution in [1.82, 2.24) is 0 Å². The Balaban J connectivity index is 3.41. The largest absolute Gasteiger partial charge is 0.463 e. The maximum atomic E-state index is 11.2. The average molecular weight is 361 g/mol. The van der Waals surface area contributed by atoms with E-state index in [0.29, 0.717) is 19.3 Å². The van der Waals surface area contributed by atoms with Gasteiger partial charge < -0.3 is 20.1 Å². The maximum absolute atomic E-state index is 11.2. The highest BCUT2D eigenvalue weighted by Gasteiger charge is 2.15. The monoisotopic (exact) mass is 360 g/mol. The summed E-state index contributed by atoms with van der Waals surface area (Å²) in [5, 5.41) is 28.5. The normalized spacial score (nSPS) is 13.6. The van der Waals surface area contributed by atoms with Crippen molar-refractivity contribution in [2.24, 2.45) is 0 Å². The summed E-state index contributed by atoms with van der Waals surface area (Å²) in [6, 6.07) is 0.